The Labute approximate surface area is 136 Å². The molecule has 1 amide bonds. The van der Waals surface area contributed by atoms with E-state index in [0.29, 0.717) is 12.3 Å². The molecule has 120 valence electrons. The van der Waals surface area contributed by atoms with Crippen molar-refractivity contribution in [3.63, 3.8) is 0 Å². The zero-order chi connectivity index (χ0) is 16.1. The molecule has 2 aromatic rings. The molecule has 1 heterocycles. The average Bonchev–Trinajstić information content (AvgIpc) is 2.86. The van der Waals surface area contributed by atoms with E-state index in [2.05, 4.69) is 42.1 Å². The maximum atomic E-state index is 12.1. The lowest BCUT2D eigenvalue weighted by Gasteiger charge is -2.12. The zero-order valence-corrected chi connectivity index (χ0v) is 14.3. The first-order chi connectivity index (χ1) is 10.5. The van der Waals surface area contributed by atoms with Crippen molar-refractivity contribution < 1.29 is 4.79 Å². The van der Waals surface area contributed by atoms with Gasteiger partial charge in [-0.05, 0) is 48.6 Å². The van der Waals surface area contributed by atoms with Crippen LogP contribution < -0.4 is 11.1 Å². The number of hydrogen-bond acceptors (Lipinski definition) is 3. The molecule has 4 nitrogen and oxygen atoms in total. The maximum absolute atomic E-state index is 12.1. The summed E-state index contributed by atoms with van der Waals surface area (Å²) in [6, 6.07) is 7.64. The summed E-state index contributed by atoms with van der Waals surface area (Å²) in [5.41, 5.74) is 7.89. The Morgan fingerprint density at radius 1 is 1.36 bits per heavy atom. The van der Waals surface area contributed by atoms with Gasteiger partial charge in [-0.25, -0.2) is 0 Å². The minimum absolute atomic E-state index is 0.116. The number of fused-ring (bicyclic) bond motifs is 1. The van der Waals surface area contributed by atoms with Gasteiger partial charge in [0.05, 0.1) is 6.04 Å². The van der Waals surface area contributed by atoms with Crippen molar-refractivity contribution in [1.29, 1.82) is 0 Å². The number of thioether (sulfide) groups is 1. The smallest absolute Gasteiger partial charge is 0.241 e. The molecule has 0 saturated carbocycles. The second kappa shape index (κ2) is 7.70. The number of hydrogen-bond donors (Lipinski definition) is 2. The van der Waals surface area contributed by atoms with Gasteiger partial charge in [-0.15, -0.1) is 0 Å². The molecule has 0 unspecified atom stereocenters. The standard InChI is InChI=1S/C17H25N3OS/c1-12(2)11-20-8-6-13-10-14(4-5-16(13)20)19-17(21)15(18)7-9-22-3/h4-6,8,10,12,15H,7,9,11,18H2,1-3H3,(H,19,21)/t15-/m0/s1. The van der Waals surface area contributed by atoms with E-state index >= 15 is 0 Å². The van der Waals surface area contributed by atoms with Gasteiger partial charge in [-0.1, -0.05) is 13.8 Å². The molecule has 0 bridgehead atoms. The van der Waals surface area contributed by atoms with Gasteiger partial charge < -0.3 is 15.6 Å². The van der Waals surface area contributed by atoms with Gasteiger partial charge in [-0.2, -0.15) is 11.8 Å². The number of nitrogens with two attached hydrogens (primary N) is 1. The van der Waals surface area contributed by atoms with Crippen molar-refractivity contribution in [2.45, 2.75) is 32.9 Å². The highest BCUT2D eigenvalue weighted by Crippen LogP contribution is 2.21. The highest BCUT2D eigenvalue weighted by atomic mass is 32.2. The number of nitrogens with one attached hydrogen (secondary N) is 1. The molecule has 0 radical (unpaired) electrons. The zero-order valence-electron chi connectivity index (χ0n) is 13.5. The van der Waals surface area contributed by atoms with Gasteiger partial charge in [0.15, 0.2) is 0 Å². The third-order valence-electron chi connectivity index (χ3n) is 3.57. The summed E-state index contributed by atoms with van der Waals surface area (Å²) in [6.07, 6.45) is 4.81. The third kappa shape index (κ3) is 4.27. The third-order valence-corrected chi connectivity index (χ3v) is 4.21. The Bertz CT molecular complexity index is 636. The van der Waals surface area contributed by atoms with Gasteiger partial charge >= 0.3 is 0 Å². The lowest BCUT2D eigenvalue weighted by atomic mass is 10.2. The predicted molar refractivity (Wildman–Crippen MR) is 96.4 cm³/mol. The molecule has 0 saturated heterocycles. The molecular weight excluding hydrogens is 294 g/mol. The Hall–Kier alpha value is -1.46. The number of carbonyl (C=O) groups is 1. The summed E-state index contributed by atoms with van der Waals surface area (Å²) in [6.45, 7) is 5.40. The molecule has 3 N–H and O–H groups in total. The monoisotopic (exact) mass is 319 g/mol. The summed E-state index contributed by atoms with van der Waals surface area (Å²) >= 11 is 1.70. The van der Waals surface area contributed by atoms with Gasteiger partial charge in [0.25, 0.3) is 0 Å². The van der Waals surface area contributed by atoms with Crippen molar-refractivity contribution in [2.75, 3.05) is 17.3 Å². The molecule has 22 heavy (non-hydrogen) atoms. The Kier molecular flexibility index (Phi) is 5.91. The van der Waals surface area contributed by atoms with Crippen molar-refractivity contribution in [1.82, 2.24) is 4.57 Å². The second-order valence-electron chi connectivity index (χ2n) is 6.01. The minimum atomic E-state index is -0.450. The fourth-order valence-electron chi connectivity index (χ4n) is 2.44. The number of benzene rings is 1. The fraction of sp³-hybridized carbons (Fsp3) is 0.471. The lowest BCUT2D eigenvalue weighted by Crippen LogP contribution is -2.36. The van der Waals surface area contributed by atoms with Crippen LogP contribution in [-0.2, 0) is 11.3 Å². The topological polar surface area (TPSA) is 60.1 Å². The number of rotatable bonds is 7. The highest BCUT2D eigenvalue weighted by molar-refractivity contribution is 7.98. The highest BCUT2D eigenvalue weighted by Gasteiger charge is 2.13. The first-order valence-electron chi connectivity index (χ1n) is 7.65. The lowest BCUT2D eigenvalue weighted by molar-refractivity contribution is -0.117. The van der Waals surface area contributed by atoms with Crippen LogP contribution in [0.15, 0.2) is 30.5 Å². The fourth-order valence-corrected chi connectivity index (χ4v) is 2.93. The van der Waals surface area contributed by atoms with Gasteiger partial charge in [0, 0.05) is 29.3 Å². The number of carbonyl (C=O) groups excluding carboxylic acids is 1. The van der Waals surface area contributed by atoms with E-state index < -0.39 is 6.04 Å². The number of anilines is 1. The van der Waals surface area contributed by atoms with Crippen LogP contribution in [0.25, 0.3) is 10.9 Å². The van der Waals surface area contributed by atoms with E-state index in [0.717, 1.165) is 23.4 Å². The average molecular weight is 319 g/mol. The van der Waals surface area contributed by atoms with Crippen LogP contribution in [-0.4, -0.2) is 28.5 Å². The van der Waals surface area contributed by atoms with E-state index in [1.807, 2.05) is 18.4 Å². The molecule has 0 aliphatic heterocycles. The second-order valence-corrected chi connectivity index (χ2v) is 7.00. The number of nitrogens with zero attached hydrogens (tertiary/aromatic N) is 1. The van der Waals surface area contributed by atoms with E-state index in [9.17, 15) is 4.79 Å². The number of amides is 1. The maximum Gasteiger partial charge on any atom is 0.241 e. The molecule has 5 heteroatoms. The largest absolute Gasteiger partial charge is 0.347 e. The van der Waals surface area contributed by atoms with E-state index in [4.69, 9.17) is 5.73 Å². The van der Waals surface area contributed by atoms with Crippen LogP contribution >= 0.6 is 11.8 Å². The van der Waals surface area contributed by atoms with E-state index in [1.165, 1.54) is 5.52 Å². The van der Waals surface area contributed by atoms with Crippen molar-refractivity contribution in [3.05, 3.63) is 30.5 Å². The first kappa shape index (κ1) is 16.9. The van der Waals surface area contributed by atoms with Crippen LogP contribution in [0.3, 0.4) is 0 Å². The van der Waals surface area contributed by atoms with Crippen molar-refractivity contribution in [2.24, 2.45) is 11.7 Å². The van der Waals surface area contributed by atoms with Gasteiger partial charge in [-0.3, -0.25) is 4.79 Å². The molecule has 1 aromatic carbocycles. The van der Waals surface area contributed by atoms with Crippen LogP contribution in [0.5, 0.6) is 0 Å². The minimum Gasteiger partial charge on any atom is -0.347 e. The van der Waals surface area contributed by atoms with Gasteiger partial charge in [0.2, 0.25) is 5.91 Å². The summed E-state index contributed by atoms with van der Waals surface area (Å²) in [7, 11) is 0. The Balaban J connectivity index is 2.08. The van der Waals surface area contributed by atoms with Crippen LogP contribution in [0.1, 0.15) is 20.3 Å². The predicted octanol–water partition coefficient (Wildman–Crippen LogP) is 3.32. The van der Waals surface area contributed by atoms with Crippen molar-refractivity contribution >= 4 is 34.3 Å². The molecule has 0 aliphatic rings. The first-order valence-corrected chi connectivity index (χ1v) is 9.05. The summed E-state index contributed by atoms with van der Waals surface area (Å²) in [5, 5.41) is 4.05. The molecular formula is C17H25N3OS. The molecule has 2 rings (SSSR count). The molecule has 0 fully saturated rings. The van der Waals surface area contributed by atoms with Gasteiger partial charge in [0.1, 0.15) is 0 Å². The molecule has 1 atom stereocenters. The normalized spacial score (nSPS) is 12.8. The van der Waals surface area contributed by atoms with Crippen LogP contribution in [0.2, 0.25) is 0 Å². The summed E-state index contributed by atoms with van der Waals surface area (Å²) < 4.78 is 2.25. The quantitative estimate of drug-likeness (QED) is 0.823. The Morgan fingerprint density at radius 2 is 2.14 bits per heavy atom. The van der Waals surface area contributed by atoms with E-state index in [-0.39, 0.29) is 5.91 Å². The SMILES string of the molecule is CSCC[C@H](N)C(=O)Nc1ccc2c(ccn2CC(C)C)c1. The van der Waals surface area contributed by atoms with E-state index in [1.54, 1.807) is 11.8 Å². The van der Waals surface area contributed by atoms with Crippen LogP contribution in [0, 0.1) is 5.92 Å². The molecule has 0 spiro atoms. The summed E-state index contributed by atoms with van der Waals surface area (Å²) in [5.74, 6) is 1.38. The Morgan fingerprint density at radius 3 is 2.82 bits per heavy atom. The number of aromatic nitrogens is 1. The molecule has 1 aromatic heterocycles. The molecule has 0 aliphatic carbocycles. The van der Waals surface area contributed by atoms with Crippen LogP contribution in [0.4, 0.5) is 5.69 Å². The van der Waals surface area contributed by atoms with Crippen molar-refractivity contribution in [3.8, 4) is 0 Å². The summed E-state index contributed by atoms with van der Waals surface area (Å²) in [4.78, 5) is 12.1.